The maximum Gasteiger partial charge on any atom is 0.436 e. The summed E-state index contributed by atoms with van der Waals surface area (Å²) in [7, 11) is -3.37. The molecule has 2 heterocycles. The van der Waals surface area contributed by atoms with Gasteiger partial charge in [0.1, 0.15) is 10.7 Å². The summed E-state index contributed by atoms with van der Waals surface area (Å²) in [6, 6.07) is 6.08. The standard InChI is InChI=1S/C25H27F4N5O3S/c1-15-20-12-30-34(19-7-5-18(26)6-8-19)21(20)11-16-3-4-17(23(15)16)13-33(9-10-35)38(36,37)22-14-32(2)31-24(22)25(27,28)29/h5-8,11-12,14-15,17,30,35H,3-4,9-10,13H2,1-2H3/t15-,17+/m0/s1. The second-order valence-corrected chi connectivity index (χ2v) is 11.5. The third kappa shape index (κ3) is 4.52. The smallest absolute Gasteiger partial charge is 0.395 e. The lowest BCUT2D eigenvalue weighted by atomic mass is 9.80. The van der Waals surface area contributed by atoms with Crippen LogP contribution in [0.3, 0.4) is 0 Å². The number of aryl methyl sites for hydroxylation is 1. The fourth-order valence-corrected chi connectivity index (χ4v) is 7.23. The lowest BCUT2D eigenvalue weighted by Gasteiger charge is -2.32. The average molecular weight is 554 g/mol. The summed E-state index contributed by atoms with van der Waals surface area (Å²) in [5.74, 6) is -0.670. The number of sulfonamides is 1. The van der Waals surface area contributed by atoms with Crippen LogP contribution in [0, 0.1) is 17.7 Å². The summed E-state index contributed by atoms with van der Waals surface area (Å²) >= 11 is 0. The van der Waals surface area contributed by atoms with Gasteiger partial charge in [0.25, 0.3) is 0 Å². The first kappa shape index (κ1) is 26.4. The normalized spacial score (nSPS) is 21.4. The van der Waals surface area contributed by atoms with Crippen molar-refractivity contribution in [1.29, 1.82) is 0 Å². The minimum Gasteiger partial charge on any atom is -0.395 e. The molecule has 0 amide bonds. The Hall–Kier alpha value is -3.16. The van der Waals surface area contributed by atoms with Gasteiger partial charge in [-0.3, -0.25) is 9.69 Å². The first-order chi connectivity index (χ1) is 17.9. The molecule has 2 aliphatic carbocycles. The molecular formula is C25H27F4N5O3S. The van der Waals surface area contributed by atoms with Crippen LogP contribution in [0.4, 0.5) is 23.2 Å². The van der Waals surface area contributed by atoms with E-state index in [1.807, 2.05) is 24.2 Å². The van der Waals surface area contributed by atoms with Crippen LogP contribution in [-0.2, 0) is 23.2 Å². The molecule has 8 nitrogen and oxygen atoms in total. The van der Waals surface area contributed by atoms with E-state index in [1.165, 1.54) is 19.2 Å². The van der Waals surface area contributed by atoms with Gasteiger partial charge in [0.15, 0.2) is 5.69 Å². The summed E-state index contributed by atoms with van der Waals surface area (Å²) in [5.41, 5.74) is 6.44. The first-order valence-electron chi connectivity index (χ1n) is 12.1. The Morgan fingerprint density at radius 3 is 2.61 bits per heavy atom. The number of rotatable bonds is 7. The van der Waals surface area contributed by atoms with Crippen LogP contribution in [0.1, 0.15) is 25.5 Å². The van der Waals surface area contributed by atoms with Crippen LogP contribution in [0.25, 0.3) is 0 Å². The van der Waals surface area contributed by atoms with Crippen molar-refractivity contribution in [1.82, 2.24) is 19.5 Å². The van der Waals surface area contributed by atoms with Crippen LogP contribution in [0.15, 0.2) is 70.1 Å². The summed E-state index contributed by atoms with van der Waals surface area (Å²) in [6.45, 7) is 1.06. The van der Waals surface area contributed by atoms with Gasteiger partial charge in [-0.15, -0.1) is 0 Å². The van der Waals surface area contributed by atoms with Gasteiger partial charge in [-0.05, 0) is 54.7 Å². The molecule has 1 aromatic carbocycles. The molecule has 2 atom stereocenters. The number of hydrogen-bond acceptors (Lipinski definition) is 6. The SMILES string of the molecule is C[C@H]1C2=CNN(c3ccc(F)cc3)C2=CC2=C1[C@@H](CN(CCO)S(=O)(=O)c1cn(C)nc1C(F)(F)F)CC2. The van der Waals surface area contributed by atoms with Gasteiger partial charge in [0, 0.05) is 44.0 Å². The van der Waals surface area contributed by atoms with Crippen molar-refractivity contribution in [3.63, 3.8) is 0 Å². The first-order valence-corrected chi connectivity index (χ1v) is 13.5. The molecule has 13 heteroatoms. The van der Waals surface area contributed by atoms with Crippen LogP contribution < -0.4 is 10.4 Å². The summed E-state index contributed by atoms with van der Waals surface area (Å²) in [4.78, 5) is -0.926. The fraction of sp³-hybridized carbons (Fsp3) is 0.400. The lowest BCUT2D eigenvalue weighted by Crippen LogP contribution is -2.39. The number of aliphatic hydroxyl groups is 1. The van der Waals surface area contributed by atoms with Crippen molar-refractivity contribution in [2.24, 2.45) is 18.9 Å². The van der Waals surface area contributed by atoms with Crippen molar-refractivity contribution in [3.05, 3.63) is 76.7 Å². The lowest BCUT2D eigenvalue weighted by molar-refractivity contribution is -0.143. The highest BCUT2D eigenvalue weighted by Gasteiger charge is 2.44. The molecule has 0 saturated heterocycles. The molecule has 1 aromatic heterocycles. The van der Waals surface area contributed by atoms with Crippen molar-refractivity contribution >= 4 is 15.7 Å². The molecule has 0 unspecified atom stereocenters. The molecular weight excluding hydrogens is 526 g/mol. The van der Waals surface area contributed by atoms with Gasteiger partial charge in [-0.2, -0.15) is 22.6 Å². The number of hydrazine groups is 1. The molecule has 0 fully saturated rings. The Bertz CT molecular complexity index is 1440. The highest BCUT2D eigenvalue weighted by atomic mass is 32.2. The van der Waals surface area contributed by atoms with Crippen LogP contribution in [0.2, 0.25) is 0 Å². The number of hydrogen-bond donors (Lipinski definition) is 2. The highest BCUT2D eigenvalue weighted by molar-refractivity contribution is 7.89. The highest BCUT2D eigenvalue weighted by Crippen LogP contribution is 2.48. The minimum absolute atomic E-state index is 0.0657. The Morgan fingerprint density at radius 2 is 1.95 bits per heavy atom. The molecule has 0 saturated carbocycles. The molecule has 0 radical (unpaired) electrons. The number of aliphatic hydroxyl groups excluding tert-OH is 1. The van der Waals surface area contributed by atoms with E-state index in [4.69, 9.17) is 0 Å². The zero-order chi connectivity index (χ0) is 27.4. The molecule has 2 aromatic rings. The summed E-state index contributed by atoms with van der Waals surface area (Å²) in [6.07, 6.45) is 1.07. The number of anilines is 1. The van der Waals surface area contributed by atoms with E-state index in [-0.39, 0.29) is 30.7 Å². The molecule has 1 aliphatic heterocycles. The van der Waals surface area contributed by atoms with Crippen molar-refractivity contribution in [3.8, 4) is 0 Å². The van der Waals surface area contributed by atoms with E-state index in [2.05, 4.69) is 10.5 Å². The van der Waals surface area contributed by atoms with Gasteiger partial charge in [0.05, 0.1) is 18.0 Å². The van der Waals surface area contributed by atoms with Crippen LogP contribution in [-0.4, -0.2) is 47.3 Å². The Morgan fingerprint density at radius 1 is 1.24 bits per heavy atom. The number of aromatic nitrogens is 2. The minimum atomic E-state index is -4.95. The Labute approximate surface area is 217 Å². The second-order valence-electron chi connectivity index (χ2n) is 9.61. The van der Waals surface area contributed by atoms with E-state index >= 15 is 0 Å². The monoisotopic (exact) mass is 553 g/mol. The maximum absolute atomic E-state index is 13.6. The topological polar surface area (TPSA) is 90.7 Å². The fourth-order valence-electron chi connectivity index (χ4n) is 5.56. The number of alkyl halides is 3. The molecule has 3 aliphatic rings. The van der Waals surface area contributed by atoms with E-state index in [0.29, 0.717) is 12.8 Å². The van der Waals surface area contributed by atoms with Crippen LogP contribution >= 0.6 is 0 Å². The maximum atomic E-state index is 13.6. The Balaban J connectivity index is 1.45. The number of nitrogens with one attached hydrogen (secondary N) is 1. The van der Waals surface area contributed by atoms with Crippen molar-refractivity contribution in [2.75, 3.05) is 24.7 Å². The molecule has 0 bridgehead atoms. The molecule has 38 heavy (non-hydrogen) atoms. The largest absolute Gasteiger partial charge is 0.436 e. The second kappa shape index (κ2) is 9.54. The molecule has 0 spiro atoms. The Kier molecular flexibility index (Phi) is 6.64. The number of fused-ring (bicyclic) bond motifs is 1. The molecule has 5 rings (SSSR count). The van der Waals surface area contributed by atoms with Gasteiger partial charge in [0.2, 0.25) is 10.0 Å². The summed E-state index contributed by atoms with van der Waals surface area (Å²) < 4.78 is 82.7. The predicted octanol–water partition coefficient (Wildman–Crippen LogP) is 3.71. The third-order valence-corrected chi connectivity index (χ3v) is 9.11. The van der Waals surface area contributed by atoms with Gasteiger partial charge >= 0.3 is 6.18 Å². The van der Waals surface area contributed by atoms with Gasteiger partial charge in [-0.25, -0.2) is 12.8 Å². The van der Waals surface area contributed by atoms with E-state index in [9.17, 15) is 31.1 Å². The molecule has 2 N–H and O–H groups in total. The summed E-state index contributed by atoms with van der Waals surface area (Å²) in [5, 5.41) is 14.8. The van der Waals surface area contributed by atoms with Crippen LogP contribution in [0.5, 0.6) is 0 Å². The number of allylic oxidation sites excluding steroid dienone is 3. The third-order valence-electron chi connectivity index (χ3n) is 7.24. The zero-order valence-electron chi connectivity index (χ0n) is 20.7. The molecule has 204 valence electrons. The number of nitrogens with zero attached hydrogens (tertiary/aromatic N) is 4. The van der Waals surface area contributed by atoms with E-state index in [1.54, 1.807) is 12.1 Å². The number of halogens is 4. The quantitative estimate of drug-likeness (QED) is 0.509. The van der Waals surface area contributed by atoms with Gasteiger partial charge < -0.3 is 10.5 Å². The van der Waals surface area contributed by atoms with E-state index in [0.717, 1.165) is 43.3 Å². The van der Waals surface area contributed by atoms with Gasteiger partial charge in [-0.1, -0.05) is 12.5 Å². The average Bonchev–Trinajstić information content (AvgIpc) is 3.57. The zero-order valence-corrected chi connectivity index (χ0v) is 21.5. The van der Waals surface area contributed by atoms with Crippen molar-refractivity contribution < 1.29 is 31.1 Å². The van der Waals surface area contributed by atoms with Crippen molar-refractivity contribution in [2.45, 2.75) is 30.8 Å². The number of benzene rings is 1. The predicted molar refractivity (Wildman–Crippen MR) is 131 cm³/mol. The van der Waals surface area contributed by atoms with E-state index < -0.39 is 33.4 Å².